The van der Waals surface area contributed by atoms with Crippen LogP contribution in [-0.2, 0) is 9.53 Å². The van der Waals surface area contributed by atoms with E-state index in [1.165, 1.54) is 6.08 Å². The van der Waals surface area contributed by atoms with E-state index in [0.29, 0.717) is 19.7 Å². The molecule has 0 aromatic rings. The highest BCUT2D eigenvalue weighted by molar-refractivity contribution is 5.87. The number of likely N-dealkylation sites (tertiary alicyclic amines) is 1. The van der Waals surface area contributed by atoms with Crippen LogP contribution in [0.15, 0.2) is 12.2 Å². The zero-order valence-corrected chi connectivity index (χ0v) is 10.7. The van der Waals surface area contributed by atoms with Gasteiger partial charge < -0.3 is 20.7 Å². The summed E-state index contributed by atoms with van der Waals surface area (Å²) in [5.41, 5.74) is 5.30. The molecular weight excluding hydrogens is 234 g/mol. The molecule has 6 nitrogen and oxygen atoms in total. The highest BCUT2D eigenvalue weighted by Gasteiger charge is 2.23. The summed E-state index contributed by atoms with van der Waals surface area (Å²) in [6, 6.07) is -0.0342. The number of hydrogen-bond donors (Lipinski definition) is 2. The van der Waals surface area contributed by atoms with Crippen molar-refractivity contribution in [1.29, 1.82) is 0 Å². The van der Waals surface area contributed by atoms with E-state index in [9.17, 15) is 9.59 Å². The number of nitrogens with two attached hydrogens (primary N) is 1. The summed E-state index contributed by atoms with van der Waals surface area (Å²) in [7, 11) is 0. The molecule has 3 N–H and O–H groups in total. The van der Waals surface area contributed by atoms with E-state index in [2.05, 4.69) is 5.32 Å². The van der Waals surface area contributed by atoms with Crippen molar-refractivity contribution in [3.05, 3.63) is 12.2 Å². The molecule has 6 heteroatoms. The Morgan fingerprint density at radius 3 is 3.00 bits per heavy atom. The first-order chi connectivity index (χ1) is 8.67. The average Bonchev–Trinajstić information content (AvgIpc) is 2.36. The number of hydrogen-bond acceptors (Lipinski definition) is 4. The first-order valence-electron chi connectivity index (χ1n) is 6.26. The molecule has 1 unspecified atom stereocenters. The maximum atomic E-state index is 11.8. The van der Waals surface area contributed by atoms with Crippen LogP contribution in [0.2, 0.25) is 0 Å². The molecule has 0 aliphatic carbocycles. The number of nitrogens with zero attached hydrogens (tertiary/aromatic N) is 1. The lowest BCUT2D eigenvalue weighted by molar-refractivity contribution is -0.127. The predicted molar refractivity (Wildman–Crippen MR) is 68.0 cm³/mol. The SMILES string of the molecule is CCOC(=O)NC1CCCN(C(=O)/C=C/CN)C1. The molecule has 0 aromatic carbocycles. The number of ether oxygens (including phenoxy) is 1. The van der Waals surface area contributed by atoms with Gasteiger partial charge in [-0.15, -0.1) is 0 Å². The van der Waals surface area contributed by atoms with Crippen LogP contribution in [0.4, 0.5) is 4.79 Å². The van der Waals surface area contributed by atoms with Gasteiger partial charge in [0.1, 0.15) is 0 Å². The zero-order valence-electron chi connectivity index (χ0n) is 10.7. The highest BCUT2D eigenvalue weighted by atomic mass is 16.5. The fourth-order valence-corrected chi connectivity index (χ4v) is 1.91. The van der Waals surface area contributed by atoms with Crippen molar-refractivity contribution in [2.24, 2.45) is 5.73 Å². The van der Waals surface area contributed by atoms with Gasteiger partial charge in [-0.25, -0.2) is 4.79 Å². The van der Waals surface area contributed by atoms with Gasteiger partial charge in [0.05, 0.1) is 6.61 Å². The largest absolute Gasteiger partial charge is 0.450 e. The van der Waals surface area contributed by atoms with Crippen LogP contribution in [0, 0.1) is 0 Å². The number of carbonyl (C=O) groups excluding carboxylic acids is 2. The Hall–Kier alpha value is -1.56. The molecule has 1 heterocycles. The van der Waals surface area contributed by atoms with Gasteiger partial charge in [0, 0.05) is 31.8 Å². The number of alkyl carbamates (subject to hydrolysis) is 1. The second-order valence-electron chi connectivity index (χ2n) is 4.13. The summed E-state index contributed by atoms with van der Waals surface area (Å²) < 4.78 is 4.82. The topological polar surface area (TPSA) is 84.7 Å². The molecular formula is C12H21N3O3. The Balaban J connectivity index is 2.43. The van der Waals surface area contributed by atoms with Crippen LogP contribution < -0.4 is 11.1 Å². The minimum absolute atomic E-state index is 0.0342. The fraction of sp³-hybridized carbons (Fsp3) is 0.667. The average molecular weight is 255 g/mol. The molecule has 18 heavy (non-hydrogen) atoms. The third-order valence-corrected chi connectivity index (χ3v) is 2.73. The molecule has 1 aliphatic heterocycles. The Kier molecular flexibility index (Phi) is 6.21. The van der Waals surface area contributed by atoms with E-state index in [1.807, 2.05) is 0 Å². The zero-order chi connectivity index (χ0) is 13.4. The molecule has 102 valence electrons. The lowest BCUT2D eigenvalue weighted by Gasteiger charge is -2.32. The van der Waals surface area contributed by atoms with Crippen molar-refractivity contribution in [1.82, 2.24) is 10.2 Å². The molecule has 0 bridgehead atoms. The lowest BCUT2D eigenvalue weighted by atomic mass is 10.1. The van der Waals surface area contributed by atoms with Crippen LogP contribution >= 0.6 is 0 Å². The molecule has 1 atom stereocenters. The second kappa shape index (κ2) is 7.71. The predicted octanol–water partition coefficient (Wildman–Crippen LogP) is 0.238. The minimum atomic E-state index is -0.422. The van der Waals surface area contributed by atoms with E-state index in [1.54, 1.807) is 17.9 Å². The van der Waals surface area contributed by atoms with Gasteiger partial charge in [0.25, 0.3) is 0 Å². The molecule has 1 saturated heterocycles. The highest BCUT2D eigenvalue weighted by Crippen LogP contribution is 2.10. The third kappa shape index (κ3) is 4.75. The van der Waals surface area contributed by atoms with Crippen molar-refractivity contribution in [3.8, 4) is 0 Å². The minimum Gasteiger partial charge on any atom is -0.450 e. The standard InChI is InChI=1S/C12H21N3O3/c1-2-18-12(17)14-10-5-4-8-15(9-10)11(16)6-3-7-13/h3,6,10H,2,4-5,7-9,13H2,1H3,(H,14,17)/b6-3+. The van der Waals surface area contributed by atoms with Gasteiger partial charge >= 0.3 is 6.09 Å². The van der Waals surface area contributed by atoms with Gasteiger partial charge in [-0.2, -0.15) is 0 Å². The third-order valence-electron chi connectivity index (χ3n) is 2.73. The van der Waals surface area contributed by atoms with Gasteiger partial charge in [-0.3, -0.25) is 4.79 Å². The Bertz CT molecular complexity index is 318. The molecule has 1 aliphatic rings. The Morgan fingerprint density at radius 2 is 2.33 bits per heavy atom. The number of carbonyl (C=O) groups is 2. The number of rotatable bonds is 4. The van der Waals surface area contributed by atoms with Crippen LogP contribution in [0.1, 0.15) is 19.8 Å². The maximum Gasteiger partial charge on any atom is 0.407 e. The molecule has 0 aromatic heterocycles. The molecule has 1 rings (SSSR count). The summed E-state index contributed by atoms with van der Waals surface area (Å²) in [5.74, 6) is -0.0594. The Morgan fingerprint density at radius 1 is 1.56 bits per heavy atom. The van der Waals surface area contributed by atoms with Crippen LogP contribution in [0.3, 0.4) is 0 Å². The van der Waals surface area contributed by atoms with Crippen LogP contribution in [0.25, 0.3) is 0 Å². The fourth-order valence-electron chi connectivity index (χ4n) is 1.91. The number of amides is 2. The van der Waals surface area contributed by atoms with Crippen molar-refractivity contribution in [2.75, 3.05) is 26.2 Å². The summed E-state index contributed by atoms with van der Waals surface area (Å²) in [5, 5.41) is 2.76. The summed E-state index contributed by atoms with van der Waals surface area (Å²) >= 11 is 0. The Labute approximate surface area is 107 Å². The molecule has 0 spiro atoms. The summed E-state index contributed by atoms with van der Waals surface area (Å²) in [4.78, 5) is 24.8. The van der Waals surface area contributed by atoms with Gasteiger partial charge in [0.2, 0.25) is 5.91 Å². The second-order valence-corrected chi connectivity index (χ2v) is 4.13. The van der Waals surface area contributed by atoms with Crippen molar-refractivity contribution in [2.45, 2.75) is 25.8 Å². The smallest absolute Gasteiger partial charge is 0.407 e. The van der Waals surface area contributed by atoms with Gasteiger partial charge in [0.15, 0.2) is 0 Å². The van der Waals surface area contributed by atoms with Crippen molar-refractivity contribution < 1.29 is 14.3 Å². The molecule has 2 amide bonds. The lowest BCUT2D eigenvalue weighted by Crippen LogP contribution is -2.49. The van der Waals surface area contributed by atoms with Gasteiger partial charge in [-0.05, 0) is 19.8 Å². The van der Waals surface area contributed by atoms with E-state index < -0.39 is 6.09 Å². The van der Waals surface area contributed by atoms with E-state index >= 15 is 0 Å². The molecule has 0 radical (unpaired) electrons. The first-order valence-corrected chi connectivity index (χ1v) is 6.26. The molecule has 1 fully saturated rings. The van der Waals surface area contributed by atoms with Crippen molar-refractivity contribution >= 4 is 12.0 Å². The first kappa shape index (κ1) is 14.5. The van der Waals surface area contributed by atoms with Gasteiger partial charge in [-0.1, -0.05) is 6.08 Å². The monoisotopic (exact) mass is 255 g/mol. The van der Waals surface area contributed by atoms with E-state index in [-0.39, 0.29) is 11.9 Å². The van der Waals surface area contributed by atoms with Crippen molar-refractivity contribution in [3.63, 3.8) is 0 Å². The summed E-state index contributed by atoms with van der Waals surface area (Å²) in [6.45, 7) is 3.69. The number of piperidine rings is 1. The van der Waals surface area contributed by atoms with E-state index in [4.69, 9.17) is 10.5 Å². The molecule has 0 saturated carbocycles. The number of nitrogens with one attached hydrogen (secondary N) is 1. The van der Waals surface area contributed by atoms with E-state index in [0.717, 1.165) is 19.4 Å². The summed E-state index contributed by atoms with van der Waals surface area (Å²) in [6.07, 6.45) is 4.43. The van der Waals surface area contributed by atoms with Crippen LogP contribution in [-0.4, -0.2) is 49.2 Å². The normalized spacial score (nSPS) is 19.9. The van der Waals surface area contributed by atoms with Crippen LogP contribution in [0.5, 0.6) is 0 Å². The quantitative estimate of drug-likeness (QED) is 0.705. The maximum absolute atomic E-state index is 11.8.